The van der Waals surface area contributed by atoms with Gasteiger partial charge in [-0.1, -0.05) is 23.7 Å². The third-order valence-electron chi connectivity index (χ3n) is 3.05. The van der Waals surface area contributed by atoms with Gasteiger partial charge in [-0.05, 0) is 19.1 Å². The molecule has 6 nitrogen and oxygen atoms in total. The molecule has 0 aliphatic carbocycles. The van der Waals surface area contributed by atoms with Crippen molar-refractivity contribution in [3.8, 4) is 11.4 Å². The molecular weight excluding hydrogens is 312 g/mol. The minimum absolute atomic E-state index is 0.233. The Hall–Kier alpha value is -1.99. The SMILES string of the molecule is Cc1nc(Cl)cc2nnc(-c3cccc(S(C)(=O)=O)c3)n12. The summed E-state index contributed by atoms with van der Waals surface area (Å²) in [6.07, 6.45) is 1.17. The molecule has 2 aromatic heterocycles. The molecule has 1 aromatic carbocycles. The van der Waals surface area contributed by atoms with Crippen LogP contribution in [0.1, 0.15) is 5.82 Å². The van der Waals surface area contributed by atoms with Crippen molar-refractivity contribution in [2.45, 2.75) is 11.8 Å². The minimum Gasteiger partial charge on any atom is -0.263 e. The topological polar surface area (TPSA) is 77.2 Å². The lowest BCUT2D eigenvalue weighted by Crippen LogP contribution is -2.00. The van der Waals surface area contributed by atoms with E-state index in [-0.39, 0.29) is 4.90 Å². The van der Waals surface area contributed by atoms with Gasteiger partial charge in [0.2, 0.25) is 0 Å². The van der Waals surface area contributed by atoms with E-state index >= 15 is 0 Å². The van der Waals surface area contributed by atoms with Gasteiger partial charge in [0.05, 0.1) is 4.90 Å². The summed E-state index contributed by atoms with van der Waals surface area (Å²) < 4.78 is 25.0. The second-order valence-corrected chi connectivity index (χ2v) is 7.05. The molecule has 0 N–H and O–H groups in total. The summed E-state index contributed by atoms with van der Waals surface area (Å²) in [5, 5.41) is 8.49. The summed E-state index contributed by atoms with van der Waals surface area (Å²) >= 11 is 5.89. The van der Waals surface area contributed by atoms with Gasteiger partial charge >= 0.3 is 0 Å². The van der Waals surface area contributed by atoms with Crippen LogP contribution in [-0.2, 0) is 9.84 Å². The maximum Gasteiger partial charge on any atom is 0.175 e. The Morgan fingerprint density at radius 1 is 1.19 bits per heavy atom. The predicted octanol–water partition coefficient (Wildman–Crippen LogP) is 2.16. The molecule has 3 rings (SSSR count). The van der Waals surface area contributed by atoms with Crippen LogP contribution in [-0.4, -0.2) is 34.3 Å². The number of hydrogen-bond acceptors (Lipinski definition) is 5. The highest BCUT2D eigenvalue weighted by molar-refractivity contribution is 7.90. The van der Waals surface area contributed by atoms with Crippen LogP contribution in [0.25, 0.3) is 17.0 Å². The molecule has 3 aromatic rings. The summed E-state index contributed by atoms with van der Waals surface area (Å²) in [7, 11) is -3.28. The first kappa shape index (κ1) is 14.0. The van der Waals surface area contributed by atoms with E-state index < -0.39 is 9.84 Å². The van der Waals surface area contributed by atoms with Gasteiger partial charge in [0, 0.05) is 17.9 Å². The number of aromatic nitrogens is 4. The first-order chi connectivity index (χ1) is 9.86. The van der Waals surface area contributed by atoms with Gasteiger partial charge in [-0.3, -0.25) is 4.40 Å². The van der Waals surface area contributed by atoms with Crippen LogP contribution in [0.4, 0.5) is 0 Å². The van der Waals surface area contributed by atoms with Crippen molar-refractivity contribution in [1.29, 1.82) is 0 Å². The second kappa shape index (κ2) is 4.78. The fourth-order valence-electron chi connectivity index (χ4n) is 2.11. The van der Waals surface area contributed by atoms with E-state index in [4.69, 9.17) is 11.6 Å². The summed E-state index contributed by atoms with van der Waals surface area (Å²) in [6, 6.07) is 8.17. The number of sulfone groups is 1. The molecule has 0 radical (unpaired) electrons. The van der Waals surface area contributed by atoms with Crippen LogP contribution in [0.2, 0.25) is 5.15 Å². The lowest BCUT2D eigenvalue weighted by molar-refractivity contribution is 0.602. The maximum atomic E-state index is 11.7. The van der Waals surface area contributed by atoms with Gasteiger partial charge in [0.15, 0.2) is 21.3 Å². The van der Waals surface area contributed by atoms with Crippen LogP contribution in [0.3, 0.4) is 0 Å². The van der Waals surface area contributed by atoms with Crippen molar-refractivity contribution in [2.24, 2.45) is 0 Å². The van der Waals surface area contributed by atoms with Crippen LogP contribution in [0.5, 0.6) is 0 Å². The molecule has 0 saturated carbocycles. The zero-order valence-corrected chi connectivity index (χ0v) is 12.9. The highest BCUT2D eigenvalue weighted by Crippen LogP contribution is 2.23. The number of nitrogens with zero attached hydrogens (tertiary/aromatic N) is 4. The molecule has 2 heterocycles. The molecule has 8 heteroatoms. The van der Waals surface area contributed by atoms with E-state index in [0.717, 1.165) is 0 Å². The highest BCUT2D eigenvalue weighted by Gasteiger charge is 2.14. The molecule has 0 unspecified atom stereocenters. The lowest BCUT2D eigenvalue weighted by Gasteiger charge is -2.05. The summed E-state index contributed by atoms with van der Waals surface area (Å²) in [6.45, 7) is 1.78. The Morgan fingerprint density at radius 3 is 2.67 bits per heavy atom. The number of rotatable bonds is 2. The summed E-state index contributed by atoms with van der Waals surface area (Å²) in [4.78, 5) is 4.39. The quantitative estimate of drug-likeness (QED) is 0.676. The minimum atomic E-state index is -3.28. The van der Waals surface area contributed by atoms with E-state index in [1.807, 2.05) is 0 Å². The number of benzene rings is 1. The molecule has 0 amide bonds. The first-order valence-corrected chi connectivity index (χ1v) is 8.32. The third kappa shape index (κ3) is 2.50. The first-order valence-electron chi connectivity index (χ1n) is 6.05. The predicted molar refractivity (Wildman–Crippen MR) is 79.1 cm³/mol. The van der Waals surface area contributed by atoms with Crippen molar-refractivity contribution in [1.82, 2.24) is 19.6 Å². The molecule has 0 spiro atoms. The van der Waals surface area contributed by atoms with Crippen LogP contribution in [0, 0.1) is 6.92 Å². The monoisotopic (exact) mass is 322 g/mol. The molecular formula is C13H11ClN4O2S. The Kier molecular flexibility index (Phi) is 3.18. The number of aryl methyl sites for hydroxylation is 1. The van der Waals surface area contributed by atoms with Gasteiger partial charge in [0.25, 0.3) is 0 Å². The zero-order valence-electron chi connectivity index (χ0n) is 11.3. The van der Waals surface area contributed by atoms with Crippen molar-refractivity contribution < 1.29 is 8.42 Å². The van der Waals surface area contributed by atoms with Crippen molar-refractivity contribution in [2.75, 3.05) is 6.26 Å². The van der Waals surface area contributed by atoms with Gasteiger partial charge in [0.1, 0.15) is 11.0 Å². The molecule has 0 fully saturated rings. The third-order valence-corrected chi connectivity index (χ3v) is 4.35. The van der Waals surface area contributed by atoms with E-state index in [1.165, 1.54) is 6.26 Å². The average molecular weight is 323 g/mol. The number of halogens is 1. The van der Waals surface area contributed by atoms with Crippen LogP contribution in [0.15, 0.2) is 35.2 Å². The fraction of sp³-hybridized carbons (Fsp3) is 0.154. The maximum absolute atomic E-state index is 11.7. The normalized spacial score (nSPS) is 12.0. The summed E-state index contributed by atoms with van der Waals surface area (Å²) in [5.41, 5.74) is 1.21. The Labute approximate surface area is 126 Å². The standard InChI is InChI=1S/C13H11ClN4O2S/c1-8-15-11(14)7-12-16-17-13(18(8)12)9-4-3-5-10(6-9)21(2,19)20/h3-7H,1-2H3. The van der Waals surface area contributed by atoms with Gasteiger partial charge in [-0.25, -0.2) is 13.4 Å². The van der Waals surface area contributed by atoms with E-state index in [1.54, 1.807) is 41.7 Å². The van der Waals surface area contributed by atoms with Crippen molar-refractivity contribution in [3.05, 3.63) is 41.3 Å². The Bertz CT molecular complexity index is 950. The molecule has 0 bridgehead atoms. The van der Waals surface area contributed by atoms with E-state index in [0.29, 0.717) is 28.0 Å². The molecule has 0 aliphatic rings. The van der Waals surface area contributed by atoms with Crippen molar-refractivity contribution >= 4 is 27.1 Å². The average Bonchev–Trinajstić information content (AvgIpc) is 2.82. The van der Waals surface area contributed by atoms with Gasteiger partial charge in [-0.15, -0.1) is 10.2 Å². The lowest BCUT2D eigenvalue weighted by atomic mass is 10.2. The zero-order chi connectivity index (χ0) is 15.2. The molecule has 108 valence electrons. The van der Waals surface area contributed by atoms with Gasteiger partial charge < -0.3 is 0 Å². The molecule has 0 aliphatic heterocycles. The Balaban J connectivity index is 2.27. The summed E-state index contributed by atoms with van der Waals surface area (Å²) in [5.74, 6) is 1.15. The van der Waals surface area contributed by atoms with Crippen LogP contribution < -0.4 is 0 Å². The fourth-order valence-corrected chi connectivity index (χ4v) is 2.99. The smallest absolute Gasteiger partial charge is 0.175 e. The van der Waals surface area contributed by atoms with E-state index in [9.17, 15) is 8.42 Å². The molecule has 0 atom stereocenters. The van der Waals surface area contributed by atoms with E-state index in [2.05, 4.69) is 15.2 Å². The highest BCUT2D eigenvalue weighted by atomic mass is 35.5. The molecule has 21 heavy (non-hydrogen) atoms. The largest absolute Gasteiger partial charge is 0.263 e. The Morgan fingerprint density at radius 2 is 1.95 bits per heavy atom. The number of fused-ring (bicyclic) bond motifs is 1. The number of hydrogen-bond donors (Lipinski definition) is 0. The van der Waals surface area contributed by atoms with Gasteiger partial charge in [-0.2, -0.15) is 0 Å². The van der Waals surface area contributed by atoms with Crippen LogP contribution >= 0.6 is 11.6 Å². The van der Waals surface area contributed by atoms with Crippen molar-refractivity contribution in [3.63, 3.8) is 0 Å². The second-order valence-electron chi connectivity index (χ2n) is 4.64. The molecule has 0 saturated heterocycles.